The minimum atomic E-state index is -0.913. The maximum atomic E-state index is 11.4. The lowest BCUT2D eigenvalue weighted by atomic mass is 10.3. The number of imide groups is 2. The Labute approximate surface area is 97.2 Å². The minimum absolute atomic E-state index is 0.335. The molecule has 1 N–H and O–H groups in total. The molecule has 0 unspecified atom stereocenters. The van der Waals surface area contributed by atoms with E-state index in [4.69, 9.17) is 4.74 Å². The number of nitrogens with one attached hydrogen (secondary N) is 1. The number of benzene rings is 1. The second kappa shape index (κ2) is 4.25. The van der Waals surface area contributed by atoms with Crippen molar-refractivity contribution in [3.8, 4) is 5.75 Å². The summed E-state index contributed by atoms with van der Waals surface area (Å²) in [6, 6.07) is 5.61. The van der Waals surface area contributed by atoms with Crippen LogP contribution in [0.5, 0.6) is 5.75 Å². The third kappa shape index (κ3) is 1.96. The van der Waals surface area contributed by atoms with Gasteiger partial charge in [-0.25, -0.2) is 9.69 Å². The number of hydrogen-bond acceptors (Lipinski definition) is 4. The zero-order valence-corrected chi connectivity index (χ0v) is 9.10. The molecule has 1 fully saturated rings. The van der Waals surface area contributed by atoms with Crippen molar-refractivity contribution in [1.29, 1.82) is 0 Å². The highest BCUT2D eigenvalue weighted by atomic mass is 16.5. The highest BCUT2D eigenvalue weighted by Gasteiger charge is 2.37. The van der Waals surface area contributed by atoms with Crippen LogP contribution in [0.1, 0.15) is 6.92 Å². The highest BCUT2D eigenvalue weighted by molar-refractivity contribution is 6.53. The second-order valence-corrected chi connectivity index (χ2v) is 3.33. The van der Waals surface area contributed by atoms with Crippen LogP contribution in [0, 0.1) is 0 Å². The largest absolute Gasteiger partial charge is 0.494 e. The Balaban J connectivity index is 2.25. The molecule has 0 spiro atoms. The molecule has 1 aromatic rings. The Morgan fingerprint density at radius 3 is 2.29 bits per heavy atom. The van der Waals surface area contributed by atoms with Crippen LogP contribution >= 0.6 is 0 Å². The molecule has 6 nitrogen and oxygen atoms in total. The van der Waals surface area contributed by atoms with Crippen molar-refractivity contribution >= 4 is 23.5 Å². The topological polar surface area (TPSA) is 75.7 Å². The molecule has 1 aromatic carbocycles. The molecular formula is C11H10N2O4. The van der Waals surface area contributed by atoms with Crippen LogP contribution in [0.2, 0.25) is 0 Å². The number of rotatable bonds is 3. The molecule has 1 saturated heterocycles. The molecule has 4 amide bonds. The van der Waals surface area contributed by atoms with Gasteiger partial charge in [0.2, 0.25) is 0 Å². The SMILES string of the molecule is CCOc1ccc(N2C(=O)NC(=O)C2=O)cc1. The van der Waals surface area contributed by atoms with Gasteiger partial charge in [0, 0.05) is 0 Å². The Morgan fingerprint density at radius 2 is 1.82 bits per heavy atom. The van der Waals surface area contributed by atoms with Gasteiger partial charge in [0.25, 0.3) is 0 Å². The van der Waals surface area contributed by atoms with E-state index in [1.807, 2.05) is 12.2 Å². The predicted octanol–water partition coefficient (Wildman–Crippen LogP) is 0.668. The van der Waals surface area contributed by atoms with Gasteiger partial charge in [-0.05, 0) is 31.2 Å². The van der Waals surface area contributed by atoms with Crippen LogP contribution in [0.15, 0.2) is 24.3 Å². The fraction of sp³-hybridized carbons (Fsp3) is 0.182. The van der Waals surface area contributed by atoms with Crippen molar-refractivity contribution in [2.75, 3.05) is 11.5 Å². The van der Waals surface area contributed by atoms with Gasteiger partial charge < -0.3 is 4.74 Å². The lowest BCUT2D eigenvalue weighted by Crippen LogP contribution is -2.30. The van der Waals surface area contributed by atoms with Gasteiger partial charge in [-0.2, -0.15) is 0 Å². The number of carbonyl (C=O) groups excluding carboxylic acids is 3. The first-order valence-corrected chi connectivity index (χ1v) is 5.05. The minimum Gasteiger partial charge on any atom is -0.494 e. The van der Waals surface area contributed by atoms with E-state index >= 15 is 0 Å². The number of carbonyl (C=O) groups is 3. The van der Waals surface area contributed by atoms with E-state index in [1.54, 1.807) is 24.3 Å². The number of nitrogens with zero attached hydrogens (tertiary/aromatic N) is 1. The van der Waals surface area contributed by atoms with E-state index in [1.165, 1.54) is 0 Å². The average molecular weight is 234 g/mol. The highest BCUT2D eigenvalue weighted by Crippen LogP contribution is 2.21. The Morgan fingerprint density at radius 1 is 1.18 bits per heavy atom. The summed E-state index contributed by atoms with van der Waals surface area (Å²) >= 11 is 0. The van der Waals surface area contributed by atoms with Gasteiger partial charge >= 0.3 is 17.8 Å². The monoisotopic (exact) mass is 234 g/mol. The Hall–Kier alpha value is -2.37. The summed E-state index contributed by atoms with van der Waals surface area (Å²) in [4.78, 5) is 34.5. The molecule has 0 radical (unpaired) electrons. The Bertz CT molecular complexity index is 481. The molecule has 0 bridgehead atoms. The fourth-order valence-corrected chi connectivity index (χ4v) is 1.49. The zero-order chi connectivity index (χ0) is 12.4. The van der Waals surface area contributed by atoms with Crippen molar-refractivity contribution in [1.82, 2.24) is 5.32 Å². The number of anilines is 1. The summed E-state index contributed by atoms with van der Waals surface area (Å²) < 4.78 is 5.23. The normalized spacial score (nSPS) is 15.1. The van der Waals surface area contributed by atoms with Gasteiger partial charge in [0.1, 0.15) is 5.75 Å². The third-order valence-corrected chi connectivity index (χ3v) is 2.23. The summed E-state index contributed by atoms with van der Waals surface area (Å²) in [5, 5.41) is 1.92. The first-order chi connectivity index (χ1) is 8.13. The van der Waals surface area contributed by atoms with Gasteiger partial charge in [0.05, 0.1) is 12.3 Å². The van der Waals surface area contributed by atoms with Crippen LogP contribution in [-0.4, -0.2) is 24.5 Å². The smallest absolute Gasteiger partial charge is 0.336 e. The van der Waals surface area contributed by atoms with Crippen LogP contribution in [0.4, 0.5) is 10.5 Å². The van der Waals surface area contributed by atoms with Crippen molar-refractivity contribution < 1.29 is 19.1 Å². The molecule has 2 rings (SSSR count). The van der Waals surface area contributed by atoms with Crippen LogP contribution < -0.4 is 15.0 Å². The predicted molar refractivity (Wildman–Crippen MR) is 58.6 cm³/mol. The van der Waals surface area contributed by atoms with Gasteiger partial charge in [-0.15, -0.1) is 0 Å². The lowest BCUT2D eigenvalue weighted by Gasteiger charge is -2.11. The summed E-state index contributed by atoms with van der Waals surface area (Å²) in [6.45, 7) is 2.38. The van der Waals surface area contributed by atoms with Gasteiger partial charge in [0.15, 0.2) is 0 Å². The van der Waals surface area contributed by atoms with E-state index < -0.39 is 17.8 Å². The molecule has 0 atom stereocenters. The summed E-state index contributed by atoms with van der Waals surface area (Å²) in [7, 11) is 0. The summed E-state index contributed by atoms with van der Waals surface area (Å²) in [5.41, 5.74) is 0.335. The molecule has 0 saturated carbocycles. The maximum absolute atomic E-state index is 11.4. The van der Waals surface area contributed by atoms with Gasteiger partial charge in [-0.1, -0.05) is 0 Å². The van der Waals surface area contributed by atoms with E-state index in [0.29, 0.717) is 18.0 Å². The molecule has 88 valence electrons. The molecule has 0 aliphatic carbocycles. The zero-order valence-electron chi connectivity index (χ0n) is 9.10. The molecule has 1 heterocycles. The van der Waals surface area contributed by atoms with E-state index in [-0.39, 0.29) is 0 Å². The van der Waals surface area contributed by atoms with Crippen LogP contribution in [0.25, 0.3) is 0 Å². The van der Waals surface area contributed by atoms with Crippen molar-refractivity contribution in [3.63, 3.8) is 0 Å². The van der Waals surface area contributed by atoms with E-state index in [0.717, 1.165) is 4.90 Å². The standard InChI is InChI=1S/C11H10N2O4/c1-2-17-8-5-3-7(4-6-8)13-10(15)9(14)12-11(13)16/h3-6H,2H2,1H3,(H,12,14,16). The fourth-order valence-electron chi connectivity index (χ4n) is 1.49. The van der Waals surface area contributed by atoms with Crippen molar-refractivity contribution in [2.24, 2.45) is 0 Å². The van der Waals surface area contributed by atoms with Crippen molar-refractivity contribution in [2.45, 2.75) is 6.92 Å². The number of hydrogen-bond donors (Lipinski definition) is 1. The second-order valence-electron chi connectivity index (χ2n) is 3.33. The van der Waals surface area contributed by atoms with Crippen LogP contribution in [-0.2, 0) is 9.59 Å². The lowest BCUT2D eigenvalue weighted by molar-refractivity contribution is -0.134. The molecule has 1 aliphatic rings. The first kappa shape index (κ1) is 11.1. The number of urea groups is 1. The number of ether oxygens (including phenoxy) is 1. The van der Waals surface area contributed by atoms with E-state index in [9.17, 15) is 14.4 Å². The molecule has 0 aromatic heterocycles. The maximum Gasteiger partial charge on any atom is 0.336 e. The third-order valence-electron chi connectivity index (χ3n) is 2.23. The van der Waals surface area contributed by atoms with Crippen LogP contribution in [0.3, 0.4) is 0 Å². The molecule has 17 heavy (non-hydrogen) atoms. The molecule has 6 heteroatoms. The quantitative estimate of drug-likeness (QED) is 0.616. The van der Waals surface area contributed by atoms with Crippen molar-refractivity contribution in [3.05, 3.63) is 24.3 Å². The van der Waals surface area contributed by atoms with Gasteiger partial charge in [-0.3, -0.25) is 14.9 Å². The molecular weight excluding hydrogens is 224 g/mol. The Kier molecular flexibility index (Phi) is 2.78. The number of amides is 4. The average Bonchev–Trinajstić information content (AvgIpc) is 2.55. The summed E-state index contributed by atoms with van der Waals surface area (Å²) in [6.07, 6.45) is 0. The molecule has 1 aliphatic heterocycles. The summed E-state index contributed by atoms with van der Waals surface area (Å²) in [5.74, 6) is -1.15. The van der Waals surface area contributed by atoms with E-state index in [2.05, 4.69) is 0 Å². The first-order valence-electron chi connectivity index (χ1n) is 5.05.